The fourth-order valence-corrected chi connectivity index (χ4v) is 4.19. The predicted molar refractivity (Wildman–Crippen MR) is 92.7 cm³/mol. The van der Waals surface area contributed by atoms with Crippen molar-refractivity contribution in [3.8, 4) is 0 Å². The van der Waals surface area contributed by atoms with Crippen molar-refractivity contribution < 1.29 is 0 Å². The summed E-state index contributed by atoms with van der Waals surface area (Å²) in [6, 6.07) is 7.63. The lowest BCUT2D eigenvalue weighted by Gasteiger charge is -2.44. The van der Waals surface area contributed by atoms with E-state index in [4.69, 9.17) is 0 Å². The average Bonchev–Trinajstić information content (AvgIpc) is 2.49. The Morgan fingerprint density at radius 1 is 1.19 bits per heavy atom. The minimum Gasteiger partial charge on any atom is -0.313 e. The predicted octanol–water partition coefficient (Wildman–Crippen LogP) is 5.29. The van der Waals surface area contributed by atoms with Gasteiger partial charge in [-0.3, -0.25) is 0 Å². The van der Waals surface area contributed by atoms with Gasteiger partial charge in [-0.15, -0.1) is 0 Å². The number of nitrogens with one attached hydrogen (secondary N) is 1. The average molecular weight is 287 g/mol. The Hall–Kier alpha value is -0.820. The van der Waals surface area contributed by atoms with Crippen LogP contribution in [0.3, 0.4) is 0 Å². The number of benzene rings is 1. The third-order valence-corrected chi connectivity index (χ3v) is 5.64. The molecule has 0 bridgehead atoms. The highest BCUT2D eigenvalue weighted by atomic mass is 14.9. The molecule has 0 saturated heterocycles. The van der Waals surface area contributed by atoms with E-state index >= 15 is 0 Å². The van der Waals surface area contributed by atoms with Gasteiger partial charge in [0.05, 0.1) is 0 Å². The molecule has 2 rings (SSSR count). The van der Waals surface area contributed by atoms with E-state index in [-0.39, 0.29) is 0 Å². The zero-order valence-electron chi connectivity index (χ0n) is 14.6. The normalized spacial score (nSPS) is 23.0. The van der Waals surface area contributed by atoms with Crippen LogP contribution in [0, 0.1) is 11.3 Å². The molecule has 1 aromatic rings. The molecule has 0 aromatic heterocycles. The lowest BCUT2D eigenvalue weighted by molar-refractivity contribution is 0.101. The zero-order valence-corrected chi connectivity index (χ0v) is 14.6. The van der Waals surface area contributed by atoms with Crippen LogP contribution >= 0.6 is 0 Å². The number of hydrogen-bond donors (Lipinski definition) is 1. The Morgan fingerprint density at radius 2 is 1.95 bits per heavy atom. The molecule has 118 valence electrons. The zero-order chi connectivity index (χ0) is 15.5. The molecule has 1 heteroatoms. The van der Waals surface area contributed by atoms with E-state index in [0.717, 1.165) is 18.8 Å². The molecule has 1 aliphatic carbocycles. The van der Waals surface area contributed by atoms with Crippen molar-refractivity contribution in [2.45, 2.75) is 72.3 Å². The van der Waals surface area contributed by atoms with Gasteiger partial charge in [-0.1, -0.05) is 58.7 Å². The summed E-state index contributed by atoms with van der Waals surface area (Å²) < 4.78 is 0. The van der Waals surface area contributed by atoms with Crippen LogP contribution in [0.5, 0.6) is 0 Å². The Kier molecular flexibility index (Phi) is 5.48. The molecule has 1 aliphatic rings. The van der Waals surface area contributed by atoms with Gasteiger partial charge in [0.2, 0.25) is 0 Å². The molecule has 1 nitrogen and oxygen atoms in total. The van der Waals surface area contributed by atoms with Gasteiger partial charge in [0.1, 0.15) is 0 Å². The quantitative estimate of drug-likeness (QED) is 0.776. The van der Waals surface area contributed by atoms with Crippen LogP contribution in [0.1, 0.15) is 76.1 Å². The van der Waals surface area contributed by atoms with Crippen LogP contribution < -0.4 is 5.32 Å². The van der Waals surface area contributed by atoms with Gasteiger partial charge in [-0.05, 0) is 60.8 Å². The maximum atomic E-state index is 3.67. The molecule has 1 saturated carbocycles. The van der Waals surface area contributed by atoms with Crippen molar-refractivity contribution in [3.05, 3.63) is 34.9 Å². The SMILES string of the molecule is CCc1ccc(CC)c(C(NC)C2CCCCC2(C)C)c1. The molecule has 1 N–H and O–H groups in total. The van der Waals surface area contributed by atoms with E-state index in [1.807, 2.05) is 0 Å². The van der Waals surface area contributed by atoms with E-state index in [1.54, 1.807) is 5.56 Å². The van der Waals surface area contributed by atoms with Crippen molar-refractivity contribution in [2.75, 3.05) is 7.05 Å². The lowest BCUT2D eigenvalue weighted by Crippen LogP contribution is -2.38. The molecule has 0 heterocycles. The third-order valence-electron chi connectivity index (χ3n) is 5.64. The van der Waals surface area contributed by atoms with Crippen LogP contribution in [-0.4, -0.2) is 7.05 Å². The molecule has 1 fully saturated rings. The van der Waals surface area contributed by atoms with Gasteiger partial charge < -0.3 is 5.32 Å². The second-order valence-corrected chi connectivity index (χ2v) is 7.35. The molecule has 0 radical (unpaired) electrons. The minimum atomic E-state index is 0.444. The van der Waals surface area contributed by atoms with Crippen LogP contribution in [0.2, 0.25) is 0 Å². The summed E-state index contributed by atoms with van der Waals surface area (Å²) in [7, 11) is 2.15. The van der Waals surface area contributed by atoms with E-state index in [1.165, 1.54) is 36.8 Å². The van der Waals surface area contributed by atoms with Crippen molar-refractivity contribution in [3.63, 3.8) is 0 Å². The second-order valence-electron chi connectivity index (χ2n) is 7.35. The number of aryl methyl sites for hydroxylation is 2. The summed E-state index contributed by atoms with van der Waals surface area (Å²) in [5.41, 5.74) is 4.99. The summed E-state index contributed by atoms with van der Waals surface area (Å²) in [5.74, 6) is 0.744. The summed E-state index contributed by atoms with van der Waals surface area (Å²) in [6.07, 6.45) is 7.77. The van der Waals surface area contributed by atoms with E-state index in [0.29, 0.717) is 11.5 Å². The Bertz CT molecular complexity index is 461. The molecule has 0 spiro atoms. The van der Waals surface area contributed by atoms with Crippen molar-refractivity contribution in [1.29, 1.82) is 0 Å². The summed E-state index contributed by atoms with van der Waals surface area (Å²) in [4.78, 5) is 0. The van der Waals surface area contributed by atoms with E-state index < -0.39 is 0 Å². The molecule has 2 atom stereocenters. The van der Waals surface area contributed by atoms with Crippen LogP contribution in [0.25, 0.3) is 0 Å². The van der Waals surface area contributed by atoms with E-state index in [9.17, 15) is 0 Å². The smallest absolute Gasteiger partial charge is 0.0354 e. The fraction of sp³-hybridized carbons (Fsp3) is 0.700. The van der Waals surface area contributed by atoms with Crippen molar-refractivity contribution >= 4 is 0 Å². The molecule has 0 amide bonds. The molecule has 21 heavy (non-hydrogen) atoms. The Labute approximate surface area is 131 Å². The monoisotopic (exact) mass is 287 g/mol. The maximum absolute atomic E-state index is 3.67. The summed E-state index contributed by atoms with van der Waals surface area (Å²) in [6.45, 7) is 9.47. The molecular weight excluding hydrogens is 254 g/mol. The van der Waals surface area contributed by atoms with Gasteiger partial charge >= 0.3 is 0 Å². The Morgan fingerprint density at radius 3 is 2.52 bits per heavy atom. The first-order valence-corrected chi connectivity index (χ1v) is 8.82. The molecule has 1 aromatic carbocycles. The van der Waals surface area contributed by atoms with Crippen LogP contribution in [-0.2, 0) is 12.8 Å². The molecule has 2 unspecified atom stereocenters. The third kappa shape index (κ3) is 3.51. The van der Waals surface area contributed by atoms with Crippen LogP contribution in [0.15, 0.2) is 18.2 Å². The van der Waals surface area contributed by atoms with Gasteiger partial charge in [0.25, 0.3) is 0 Å². The molecular formula is C20H33N. The highest BCUT2D eigenvalue weighted by Crippen LogP contribution is 2.47. The van der Waals surface area contributed by atoms with Crippen LogP contribution in [0.4, 0.5) is 0 Å². The minimum absolute atomic E-state index is 0.444. The second kappa shape index (κ2) is 6.96. The highest BCUT2D eigenvalue weighted by molar-refractivity contribution is 5.35. The summed E-state index contributed by atoms with van der Waals surface area (Å²) >= 11 is 0. The van der Waals surface area contributed by atoms with Crippen molar-refractivity contribution in [2.24, 2.45) is 11.3 Å². The highest BCUT2D eigenvalue weighted by Gasteiger charge is 2.38. The van der Waals surface area contributed by atoms with Crippen molar-refractivity contribution in [1.82, 2.24) is 5.32 Å². The summed E-state index contributed by atoms with van der Waals surface area (Å²) in [5, 5.41) is 3.67. The molecule has 0 aliphatic heterocycles. The number of rotatable bonds is 5. The van der Waals surface area contributed by atoms with Gasteiger partial charge in [-0.25, -0.2) is 0 Å². The first kappa shape index (κ1) is 16.5. The first-order chi connectivity index (χ1) is 10.0. The Balaban J connectivity index is 2.40. The van der Waals surface area contributed by atoms with Gasteiger partial charge in [0, 0.05) is 6.04 Å². The fourth-order valence-electron chi connectivity index (χ4n) is 4.19. The van der Waals surface area contributed by atoms with Gasteiger partial charge in [-0.2, -0.15) is 0 Å². The van der Waals surface area contributed by atoms with Gasteiger partial charge in [0.15, 0.2) is 0 Å². The lowest BCUT2D eigenvalue weighted by atomic mass is 9.64. The maximum Gasteiger partial charge on any atom is 0.0354 e. The largest absolute Gasteiger partial charge is 0.313 e. The number of hydrogen-bond acceptors (Lipinski definition) is 1. The standard InChI is InChI=1S/C20H33N/c1-6-15-11-12-16(7-2)17(14-15)19(21-5)18-10-8-9-13-20(18,3)4/h11-12,14,18-19,21H,6-10,13H2,1-5H3. The topological polar surface area (TPSA) is 12.0 Å². The van der Waals surface area contributed by atoms with E-state index in [2.05, 4.69) is 58.3 Å². The first-order valence-electron chi connectivity index (χ1n) is 8.82.